The van der Waals surface area contributed by atoms with Crippen molar-refractivity contribution in [2.75, 3.05) is 7.05 Å². The van der Waals surface area contributed by atoms with E-state index in [2.05, 4.69) is 44.3 Å². The van der Waals surface area contributed by atoms with Crippen molar-refractivity contribution in [3.05, 3.63) is 41.5 Å². The van der Waals surface area contributed by atoms with Gasteiger partial charge in [0.05, 0.1) is 5.75 Å². The van der Waals surface area contributed by atoms with Crippen LogP contribution in [0.3, 0.4) is 0 Å². The molecule has 0 aliphatic carbocycles. The Morgan fingerprint density at radius 1 is 1.20 bits per heavy atom. The van der Waals surface area contributed by atoms with Crippen molar-refractivity contribution in [1.82, 2.24) is 20.1 Å². The summed E-state index contributed by atoms with van der Waals surface area (Å²) in [6.07, 6.45) is 3.58. The van der Waals surface area contributed by atoms with Crippen molar-refractivity contribution in [2.45, 2.75) is 43.0 Å². The molecular weight excluding hydrogens is 268 g/mol. The Kier molecular flexibility index (Phi) is 4.38. The maximum absolute atomic E-state index is 4.34. The van der Waals surface area contributed by atoms with Gasteiger partial charge in [-0.25, -0.2) is 0 Å². The van der Waals surface area contributed by atoms with E-state index in [0.29, 0.717) is 0 Å². The zero-order chi connectivity index (χ0) is 13.8. The van der Waals surface area contributed by atoms with Crippen LogP contribution in [0.5, 0.6) is 0 Å². The Hall–Kier alpha value is -1.33. The van der Waals surface area contributed by atoms with Crippen LogP contribution in [0.1, 0.15) is 30.1 Å². The van der Waals surface area contributed by atoms with Crippen molar-refractivity contribution in [3.8, 4) is 0 Å². The summed E-state index contributed by atoms with van der Waals surface area (Å²) in [5.41, 5.74) is 1.32. The summed E-state index contributed by atoms with van der Waals surface area (Å²) in [4.78, 5) is 1.29. The lowest BCUT2D eigenvalue weighted by Gasteiger charge is -2.14. The van der Waals surface area contributed by atoms with Crippen molar-refractivity contribution in [1.29, 1.82) is 0 Å². The Balaban J connectivity index is 1.63. The minimum absolute atomic E-state index is 0.901. The van der Waals surface area contributed by atoms with Gasteiger partial charge in [-0.2, -0.15) is 0 Å². The highest BCUT2D eigenvalue weighted by atomic mass is 32.2. The number of nitrogens with zero attached hydrogens (tertiary/aromatic N) is 3. The highest BCUT2D eigenvalue weighted by Crippen LogP contribution is 2.24. The topological polar surface area (TPSA) is 42.7 Å². The minimum atomic E-state index is 0.901. The lowest BCUT2D eigenvalue weighted by Crippen LogP contribution is -2.12. The molecule has 1 aliphatic rings. The first-order chi connectivity index (χ1) is 9.86. The minimum Gasteiger partial charge on any atom is -0.316 e. The average Bonchev–Trinajstić information content (AvgIpc) is 2.90. The molecule has 1 N–H and O–H groups in total. The zero-order valence-electron chi connectivity index (χ0n) is 11.8. The number of thioether (sulfide) groups is 1. The van der Waals surface area contributed by atoms with Gasteiger partial charge in [0.15, 0.2) is 0 Å². The molecule has 0 radical (unpaired) electrons. The molecule has 0 fully saturated rings. The molecule has 2 aromatic rings. The van der Waals surface area contributed by atoms with Crippen LogP contribution >= 0.6 is 11.8 Å². The number of benzene rings is 1. The summed E-state index contributed by atoms with van der Waals surface area (Å²) >= 11 is 1.83. The van der Waals surface area contributed by atoms with Crippen molar-refractivity contribution in [3.63, 3.8) is 0 Å². The first-order valence-corrected chi connectivity index (χ1v) is 8.12. The van der Waals surface area contributed by atoms with Crippen LogP contribution in [-0.2, 0) is 25.3 Å². The number of rotatable bonds is 5. The fourth-order valence-corrected chi connectivity index (χ4v) is 3.37. The third-order valence-corrected chi connectivity index (χ3v) is 4.62. The number of hydrogen-bond donors (Lipinski definition) is 1. The van der Waals surface area contributed by atoms with Gasteiger partial charge >= 0.3 is 0 Å². The number of aryl methyl sites for hydroxylation is 1. The summed E-state index contributed by atoms with van der Waals surface area (Å²) < 4.78 is 2.30. The maximum atomic E-state index is 4.34. The smallest absolute Gasteiger partial charge is 0.143 e. The molecule has 0 unspecified atom stereocenters. The van der Waals surface area contributed by atoms with Crippen LogP contribution in [0.25, 0.3) is 0 Å². The van der Waals surface area contributed by atoms with Crippen molar-refractivity contribution < 1.29 is 0 Å². The third kappa shape index (κ3) is 3.04. The molecule has 1 aromatic carbocycles. The highest BCUT2D eigenvalue weighted by molar-refractivity contribution is 7.98. The summed E-state index contributed by atoms with van der Waals surface area (Å²) in [5.74, 6) is 3.18. The van der Waals surface area contributed by atoms with E-state index < -0.39 is 0 Å². The van der Waals surface area contributed by atoms with Gasteiger partial charge in [0.2, 0.25) is 0 Å². The fourth-order valence-electron chi connectivity index (χ4n) is 2.53. The van der Waals surface area contributed by atoms with Crippen LogP contribution < -0.4 is 5.32 Å². The van der Waals surface area contributed by atoms with Crippen LogP contribution in [0.2, 0.25) is 0 Å². The number of nitrogens with one attached hydrogen (secondary N) is 1. The predicted molar refractivity (Wildman–Crippen MR) is 81.7 cm³/mol. The van der Waals surface area contributed by atoms with Gasteiger partial charge < -0.3 is 9.88 Å². The van der Waals surface area contributed by atoms with E-state index in [-0.39, 0.29) is 0 Å². The highest BCUT2D eigenvalue weighted by Gasteiger charge is 2.15. The molecule has 106 valence electrons. The van der Waals surface area contributed by atoms with E-state index in [1.165, 1.54) is 23.3 Å². The van der Waals surface area contributed by atoms with E-state index in [1.807, 2.05) is 18.8 Å². The number of aromatic nitrogens is 3. The molecule has 4 nitrogen and oxygen atoms in total. The molecule has 0 saturated carbocycles. The SMILES string of the molecule is CNCc1ccc(SCc2nnc3n2CCCC3)cc1. The van der Waals surface area contributed by atoms with Gasteiger partial charge in [-0.15, -0.1) is 22.0 Å². The second-order valence-corrected chi connectivity index (χ2v) is 6.15. The van der Waals surface area contributed by atoms with Crippen LogP contribution in [0.4, 0.5) is 0 Å². The first kappa shape index (κ1) is 13.6. The standard InChI is InChI=1S/C15H20N4S/c1-16-10-12-5-7-13(8-6-12)20-11-15-18-17-14-4-2-3-9-19(14)15/h5-8,16H,2-4,9-11H2,1H3. The molecule has 20 heavy (non-hydrogen) atoms. The van der Waals surface area contributed by atoms with Crippen LogP contribution in [-0.4, -0.2) is 21.8 Å². The average molecular weight is 288 g/mol. The van der Waals surface area contributed by atoms with Crippen LogP contribution in [0, 0.1) is 0 Å². The van der Waals surface area contributed by atoms with Gasteiger partial charge in [-0.1, -0.05) is 12.1 Å². The molecule has 5 heteroatoms. The Morgan fingerprint density at radius 3 is 2.85 bits per heavy atom. The Labute approximate surface area is 124 Å². The summed E-state index contributed by atoms with van der Waals surface area (Å²) in [6.45, 7) is 2.00. The lowest BCUT2D eigenvalue weighted by atomic mass is 10.2. The quantitative estimate of drug-likeness (QED) is 0.859. The monoisotopic (exact) mass is 288 g/mol. The molecule has 0 bridgehead atoms. The van der Waals surface area contributed by atoms with E-state index in [4.69, 9.17) is 0 Å². The lowest BCUT2D eigenvalue weighted by molar-refractivity contribution is 0.513. The molecule has 2 heterocycles. The number of fused-ring (bicyclic) bond motifs is 1. The van der Waals surface area contributed by atoms with Gasteiger partial charge in [0.1, 0.15) is 11.6 Å². The summed E-state index contributed by atoms with van der Waals surface area (Å²) in [5, 5.41) is 11.8. The fraction of sp³-hybridized carbons (Fsp3) is 0.467. The molecule has 0 saturated heterocycles. The van der Waals surface area contributed by atoms with E-state index in [0.717, 1.165) is 36.9 Å². The van der Waals surface area contributed by atoms with Gasteiger partial charge in [0, 0.05) is 24.4 Å². The summed E-state index contributed by atoms with van der Waals surface area (Å²) in [7, 11) is 1.97. The zero-order valence-corrected chi connectivity index (χ0v) is 12.6. The van der Waals surface area contributed by atoms with Gasteiger partial charge in [-0.05, 0) is 37.6 Å². The largest absolute Gasteiger partial charge is 0.316 e. The number of hydrogen-bond acceptors (Lipinski definition) is 4. The Bertz CT molecular complexity index is 562. The van der Waals surface area contributed by atoms with E-state index >= 15 is 0 Å². The van der Waals surface area contributed by atoms with Crippen molar-refractivity contribution in [2.24, 2.45) is 0 Å². The molecule has 3 rings (SSSR count). The molecular formula is C15H20N4S. The molecule has 1 aliphatic heterocycles. The third-order valence-electron chi connectivity index (χ3n) is 3.61. The van der Waals surface area contributed by atoms with Gasteiger partial charge in [0.25, 0.3) is 0 Å². The normalized spacial score (nSPS) is 14.2. The maximum Gasteiger partial charge on any atom is 0.143 e. The summed E-state index contributed by atoms with van der Waals surface area (Å²) in [6, 6.07) is 8.73. The second-order valence-electron chi connectivity index (χ2n) is 5.10. The molecule has 0 amide bonds. The molecule has 0 atom stereocenters. The molecule has 0 spiro atoms. The Morgan fingerprint density at radius 2 is 2.05 bits per heavy atom. The first-order valence-electron chi connectivity index (χ1n) is 7.14. The molecule has 1 aromatic heterocycles. The van der Waals surface area contributed by atoms with Crippen LogP contribution in [0.15, 0.2) is 29.2 Å². The van der Waals surface area contributed by atoms with Gasteiger partial charge in [-0.3, -0.25) is 0 Å². The van der Waals surface area contributed by atoms with E-state index in [9.17, 15) is 0 Å². The second kappa shape index (κ2) is 6.41. The van der Waals surface area contributed by atoms with E-state index in [1.54, 1.807) is 0 Å². The van der Waals surface area contributed by atoms with Crippen molar-refractivity contribution >= 4 is 11.8 Å². The predicted octanol–water partition coefficient (Wildman–Crippen LogP) is 2.63.